The molecule has 0 aromatic rings. The van der Waals surface area contributed by atoms with Crippen molar-refractivity contribution in [2.45, 2.75) is 192 Å². The molecule has 0 saturated carbocycles. The lowest BCUT2D eigenvalue weighted by atomic mass is 9.99. The molecule has 0 aromatic heterocycles. The van der Waals surface area contributed by atoms with Crippen LogP contribution in [0.2, 0.25) is 0 Å². The maximum Gasteiger partial charge on any atom is 0.220 e. The molecule has 1 aliphatic heterocycles. The fourth-order valence-electron chi connectivity index (χ4n) is 5.77. The minimum absolute atomic E-state index is 0.196. The minimum Gasteiger partial charge on any atom is -0.394 e. The van der Waals surface area contributed by atoms with Gasteiger partial charge in [-0.05, 0) is 44.9 Å². The molecule has 1 fully saturated rings. The van der Waals surface area contributed by atoms with Crippen LogP contribution in [0.25, 0.3) is 0 Å². The van der Waals surface area contributed by atoms with Crippen LogP contribution in [-0.4, -0.2) is 87.5 Å². The molecule has 1 aliphatic rings. The Bertz CT molecular complexity index is 848. The molecule has 1 rings (SSSR count). The predicted molar refractivity (Wildman–Crippen MR) is 193 cm³/mol. The summed E-state index contributed by atoms with van der Waals surface area (Å²) in [6, 6.07) is -0.821. The number of ether oxygens (including phenoxy) is 2. The van der Waals surface area contributed by atoms with Gasteiger partial charge in [0.1, 0.15) is 24.4 Å². The topological polar surface area (TPSA) is 149 Å². The van der Waals surface area contributed by atoms with Gasteiger partial charge in [0.05, 0.1) is 25.4 Å². The number of aliphatic hydroxyl groups is 5. The third-order valence-corrected chi connectivity index (χ3v) is 8.95. The van der Waals surface area contributed by atoms with Gasteiger partial charge in [-0.25, -0.2) is 0 Å². The second-order valence-corrected chi connectivity index (χ2v) is 13.4. The van der Waals surface area contributed by atoms with Gasteiger partial charge < -0.3 is 40.3 Å². The van der Waals surface area contributed by atoms with Crippen LogP contribution in [0.1, 0.15) is 149 Å². The molecule has 0 spiro atoms. The van der Waals surface area contributed by atoms with E-state index >= 15 is 0 Å². The average Bonchev–Trinajstić information content (AvgIpc) is 3.08. The third-order valence-electron chi connectivity index (χ3n) is 8.95. The Morgan fingerprint density at radius 1 is 0.688 bits per heavy atom. The zero-order valence-corrected chi connectivity index (χ0v) is 30.2. The van der Waals surface area contributed by atoms with Gasteiger partial charge in [-0.15, -0.1) is 0 Å². The molecule has 6 N–H and O–H groups in total. The number of hydrogen-bond donors (Lipinski definition) is 6. The first kappa shape index (κ1) is 44.4. The first-order chi connectivity index (χ1) is 23.3. The first-order valence-electron chi connectivity index (χ1n) is 19.2. The number of amides is 1. The molecule has 0 aliphatic carbocycles. The van der Waals surface area contributed by atoms with Crippen LogP contribution < -0.4 is 5.32 Å². The highest BCUT2D eigenvalue weighted by molar-refractivity contribution is 5.76. The third kappa shape index (κ3) is 21.5. The molecular formula is C39H71NO8. The molecule has 7 unspecified atom stereocenters. The summed E-state index contributed by atoms with van der Waals surface area (Å²) in [5, 5.41) is 53.8. The highest BCUT2D eigenvalue weighted by Gasteiger charge is 2.44. The molecule has 0 radical (unpaired) electrons. The lowest BCUT2D eigenvalue weighted by Crippen LogP contribution is -2.60. The van der Waals surface area contributed by atoms with E-state index in [4.69, 9.17) is 9.47 Å². The Kier molecular flexibility index (Phi) is 28.0. The van der Waals surface area contributed by atoms with Gasteiger partial charge >= 0.3 is 0 Å². The summed E-state index contributed by atoms with van der Waals surface area (Å²) < 4.78 is 11.1. The van der Waals surface area contributed by atoms with Crippen molar-refractivity contribution in [2.24, 2.45) is 0 Å². The molecule has 280 valence electrons. The van der Waals surface area contributed by atoms with Gasteiger partial charge in [-0.2, -0.15) is 0 Å². The number of carbonyl (C=O) groups excluding carboxylic acids is 1. The van der Waals surface area contributed by atoms with E-state index in [2.05, 4.69) is 43.5 Å². The summed E-state index contributed by atoms with van der Waals surface area (Å²) in [4.78, 5) is 12.8. The van der Waals surface area contributed by atoms with Crippen molar-refractivity contribution in [3.63, 3.8) is 0 Å². The summed E-state index contributed by atoms with van der Waals surface area (Å²) in [6.07, 6.45) is 27.6. The molecule has 0 aromatic carbocycles. The lowest BCUT2D eigenvalue weighted by molar-refractivity contribution is -0.302. The molecule has 1 heterocycles. The summed E-state index contributed by atoms with van der Waals surface area (Å²) in [7, 11) is 0. The van der Waals surface area contributed by atoms with Crippen LogP contribution in [-0.2, 0) is 14.3 Å². The highest BCUT2D eigenvalue weighted by atomic mass is 16.7. The zero-order chi connectivity index (χ0) is 35.2. The number of nitrogens with one attached hydrogen (secondary N) is 1. The van der Waals surface area contributed by atoms with Gasteiger partial charge in [-0.1, -0.05) is 134 Å². The van der Waals surface area contributed by atoms with Gasteiger partial charge in [0, 0.05) is 6.42 Å². The standard InChI is InChI=1S/C39H71NO8/c1-3-5-7-9-11-13-15-16-17-18-19-20-22-24-26-28-33(42)32(31-47-39-38(46)37(45)36(44)34(30-41)48-39)40-35(43)29-27-25-23-21-14-12-10-8-6-4-2/h15-16,19-20,26,28,32-34,36-39,41-42,44-46H,3-14,17-18,21-25,27,29-31H2,1-2H3,(H,40,43)/b16-15+,20-19+,28-26+. The van der Waals surface area contributed by atoms with Crippen LogP contribution >= 0.6 is 0 Å². The van der Waals surface area contributed by atoms with Crippen molar-refractivity contribution < 1.29 is 39.8 Å². The molecule has 1 saturated heterocycles. The van der Waals surface area contributed by atoms with Crippen molar-refractivity contribution in [3.8, 4) is 0 Å². The summed E-state index contributed by atoms with van der Waals surface area (Å²) in [5.41, 5.74) is 0. The lowest BCUT2D eigenvalue weighted by Gasteiger charge is -2.40. The van der Waals surface area contributed by atoms with Crippen LogP contribution in [0.4, 0.5) is 0 Å². The van der Waals surface area contributed by atoms with E-state index in [-0.39, 0.29) is 12.5 Å². The Hall–Kier alpha value is -1.59. The minimum atomic E-state index is -1.57. The monoisotopic (exact) mass is 682 g/mol. The average molecular weight is 682 g/mol. The Balaban J connectivity index is 2.51. The van der Waals surface area contributed by atoms with Gasteiger partial charge in [0.15, 0.2) is 6.29 Å². The number of unbranched alkanes of at least 4 members (excludes halogenated alkanes) is 16. The fraction of sp³-hybridized carbons (Fsp3) is 0.821. The number of aliphatic hydroxyl groups excluding tert-OH is 5. The molecule has 1 amide bonds. The molecule has 0 bridgehead atoms. The van der Waals surface area contributed by atoms with Gasteiger partial charge in [0.2, 0.25) is 5.91 Å². The van der Waals surface area contributed by atoms with E-state index in [1.54, 1.807) is 6.08 Å². The largest absolute Gasteiger partial charge is 0.394 e. The van der Waals surface area contributed by atoms with Crippen LogP contribution in [0.3, 0.4) is 0 Å². The summed E-state index contributed by atoms with van der Waals surface area (Å²) in [6.45, 7) is 3.69. The van der Waals surface area contributed by atoms with Crippen LogP contribution in [0.15, 0.2) is 36.5 Å². The predicted octanol–water partition coefficient (Wildman–Crippen LogP) is 6.55. The van der Waals surface area contributed by atoms with Crippen molar-refractivity contribution in [1.29, 1.82) is 0 Å². The second-order valence-electron chi connectivity index (χ2n) is 13.4. The van der Waals surface area contributed by atoms with Crippen molar-refractivity contribution in [1.82, 2.24) is 5.32 Å². The molecule has 48 heavy (non-hydrogen) atoms. The molecule has 9 nitrogen and oxygen atoms in total. The van der Waals surface area contributed by atoms with E-state index in [1.165, 1.54) is 77.0 Å². The summed E-state index contributed by atoms with van der Waals surface area (Å²) in [5.74, 6) is -0.196. The molecule has 7 atom stereocenters. The van der Waals surface area contributed by atoms with Crippen LogP contribution in [0, 0.1) is 0 Å². The maximum absolute atomic E-state index is 12.8. The van der Waals surface area contributed by atoms with Crippen LogP contribution in [0.5, 0.6) is 0 Å². The van der Waals surface area contributed by atoms with Crippen molar-refractivity contribution in [2.75, 3.05) is 13.2 Å². The second kappa shape index (κ2) is 30.3. The zero-order valence-electron chi connectivity index (χ0n) is 30.2. The normalized spacial score (nSPS) is 23.0. The van der Waals surface area contributed by atoms with E-state index in [9.17, 15) is 30.3 Å². The Morgan fingerprint density at radius 3 is 1.75 bits per heavy atom. The highest BCUT2D eigenvalue weighted by Crippen LogP contribution is 2.22. The number of hydrogen-bond acceptors (Lipinski definition) is 8. The fourth-order valence-corrected chi connectivity index (χ4v) is 5.77. The number of carbonyl (C=O) groups is 1. The van der Waals surface area contributed by atoms with E-state index < -0.39 is 49.5 Å². The number of allylic oxidation sites excluding steroid dienone is 5. The number of rotatable bonds is 30. The molecule has 9 heteroatoms. The SMILES string of the molecule is CCCCCCC/C=C/CC/C=C/CC/C=C/C(O)C(COC1OC(CO)C(O)C(O)C1O)NC(=O)CCCCCCCCCCCC. The quantitative estimate of drug-likeness (QED) is 0.0370. The maximum atomic E-state index is 12.8. The summed E-state index contributed by atoms with van der Waals surface area (Å²) >= 11 is 0. The van der Waals surface area contributed by atoms with E-state index in [0.29, 0.717) is 6.42 Å². The Labute approximate surface area is 291 Å². The molecular weight excluding hydrogens is 610 g/mol. The van der Waals surface area contributed by atoms with E-state index in [0.717, 1.165) is 51.4 Å². The van der Waals surface area contributed by atoms with Gasteiger partial charge in [0.25, 0.3) is 0 Å². The van der Waals surface area contributed by atoms with Crippen molar-refractivity contribution >= 4 is 5.91 Å². The Morgan fingerprint density at radius 2 is 1.19 bits per heavy atom. The first-order valence-corrected chi connectivity index (χ1v) is 19.2. The smallest absolute Gasteiger partial charge is 0.220 e. The van der Waals surface area contributed by atoms with Crippen molar-refractivity contribution in [3.05, 3.63) is 36.5 Å². The van der Waals surface area contributed by atoms with E-state index in [1.807, 2.05) is 6.08 Å². The van der Waals surface area contributed by atoms with Gasteiger partial charge in [-0.3, -0.25) is 4.79 Å².